The first-order chi connectivity index (χ1) is 13.0. The van der Waals surface area contributed by atoms with Crippen LogP contribution in [0.3, 0.4) is 0 Å². The van der Waals surface area contributed by atoms with E-state index >= 15 is 0 Å². The average molecular weight is 379 g/mol. The van der Waals surface area contributed by atoms with Crippen molar-refractivity contribution in [2.75, 3.05) is 41.7 Å². The number of H-pyrrole nitrogens is 1. The standard InChI is InChI=1S/C21H34N2O4/c1-21(2)14-18(20(26-5)27-6)23-19(21)13-17-16(7-10-22-17)15(8-11-24-3)9-12-25-4/h7,10,13,15,20,22H,8-9,11-12,14H2,1-6H3/b19-13-. The van der Waals surface area contributed by atoms with Gasteiger partial charge in [0, 0.05) is 71.1 Å². The maximum absolute atomic E-state index is 5.39. The first kappa shape index (κ1) is 21.8. The summed E-state index contributed by atoms with van der Waals surface area (Å²) in [6.45, 7) is 5.86. The van der Waals surface area contributed by atoms with E-state index in [2.05, 4.69) is 31.0 Å². The Bertz CT molecular complexity index is 636. The van der Waals surface area contributed by atoms with Crippen LogP contribution in [0.5, 0.6) is 0 Å². The zero-order chi connectivity index (χ0) is 19.9. The van der Waals surface area contributed by atoms with Crippen LogP contribution in [0, 0.1) is 5.41 Å². The Balaban J connectivity index is 2.31. The van der Waals surface area contributed by atoms with Crippen LogP contribution in [0.2, 0.25) is 0 Å². The highest BCUT2D eigenvalue weighted by molar-refractivity contribution is 5.92. The minimum atomic E-state index is -0.394. The molecule has 152 valence electrons. The zero-order valence-electron chi connectivity index (χ0n) is 17.5. The summed E-state index contributed by atoms with van der Waals surface area (Å²) in [6.07, 6.45) is 6.50. The van der Waals surface area contributed by atoms with Crippen molar-refractivity contribution >= 4 is 11.8 Å². The number of allylic oxidation sites excluding steroid dienone is 1. The molecule has 6 heteroatoms. The predicted molar refractivity (Wildman–Crippen MR) is 108 cm³/mol. The first-order valence-corrected chi connectivity index (χ1v) is 9.47. The number of nitrogens with one attached hydrogen (secondary N) is 1. The SMILES string of the molecule is COCCC(CCOC)c1cc[nH]c1/C=C1\N=C(C(OC)OC)CC1(C)C. The van der Waals surface area contributed by atoms with Gasteiger partial charge in [-0.05, 0) is 36.5 Å². The van der Waals surface area contributed by atoms with Crippen LogP contribution < -0.4 is 0 Å². The molecule has 1 aliphatic heterocycles. The number of aromatic amines is 1. The lowest BCUT2D eigenvalue weighted by Crippen LogP contribution is -2.25. The van der Waals surface area contributed by atoms with Crippen molar-refractivity contribution < 1.29 is 18.9 Å². The van der Waals surface area contributed by atoms with Gasteiger partial charge in [-0.15, -0.1) is 0 Å². The van der Waals surface area contributed by atoms with E-state index in [1.165, 1.54) is 5.56 Å². The van der Waals surface area contributed by atoms with E-state index in [1.807, 2.05) is 6.20 Å². The largest absolute Gasteiger partial charge is 0.385 e. The van der Waals surface area contributed by atoms with Crippen LogP contribution in [0.15, 0.2) is 23.0 Å². The Morgan fingerprint density at radius 2 is 1.74 bits per heavy atom. The predicted octanol–water partition coefficient (Wildman–Crippen LogP) is 4.00. The molecule has 0 bridgehead atoms. The van der Waals surface area contributed by atoms with Crippen molar-refractivity contribution in [3.8, 4) is 0 Å². The van der Waals surface area contributed by atoms with Gasteiger partial charge in [-0.3, -0.25) is 4.99 Å². The van der Waals surface area contributed by atoms with Gasteiger partial charge in [0.15, 0.2) is 6.29 Å². The zero-order valence-corrected chi connectivity index (χ0v) is 17.5. The summed E-state index contributed by atoms with van der Waals surface area (Å²) < 4.78 is 21.4. The lowest BCUT2D eigenvalue weighted by molar-refractivity contribution is -0.0532. The summed E-state index contributed by atoms with van der Waals surface area (Å²) in [5.41, 5.74) is 4.29. The molecule has 0 atom stereocenters. The molecule has 0 saturated carbocycles. The Morgan fingerprint density at radius 3 is 2.30 bits per heavy atom. The monoisotopic (exact) mass is 378 g/mol. The summed E-state index contributed by atoms with van der Waals surface area (Å²) in [6, 6.07) is 2.15. The number of hydrogen-bond donors (Lipinski definition) is 1. The third-order valence-electron chi connectivity index (χ3n) is 5.16. The fraction of sp³-hybridized carbons (Fsp3) is 0.667. The second-order valence-electron chi connectivity index (χ2n) is 7.60. The summed E-state index contributed by atoms with van der Waals surface area (Å²) in [4.78, 5) is 8.23. The van der Waals surface area contributed by atoms with Crippen molar-refractivity contribution in [1.82, 2.24) is 4.98 Å². The van der Waals surface area contributed by atoms with Crippen LogP contribution in [0.4, 0.5) is 0 Å². The average Bonchev–Trinajstić information content (AvgIpc) is 3.21. The number of aliphatic imine (C=N–C) groups is 1. The van der Waals surface area contributed by atoms with Gasteiger partial charge in [-0.1, -0.05) is 13.8 Å². The van der Waals surface area contributed by atoms with Crippen LogP contribution in [-0.2, 0) is 18.9 Å². The third kappa shape index (κ3) is 5.51. The lowest BCUT2D eigenvalue weighted by Gasteiger charge is -2.20. The Labute approximate surface area is 162 Å². The molecule has 2 heterocycles. The minimum Gasteiger partial charge on any atom is -0.385 e. The molecule has 0 saturated heterocycles. The van der Waals surface area contributed by atoms with Gasteiger partial charge in [0.2, 0.25) is 0 Å². The van der Waals surface area contributed by atoms with Crippen LogP contribution in [-0.4, -0.2) is 58.6 Å². The molecule has 1 aromatic heterocycles. The molecule has 0 aromatic carbocycles. The van der Waals surface area contributed by atoms with Gasteiger partial charge in [-0.2, -0.15) is 0 Å². The van der Waals surface area contributed by atoms with Crippen molar-refractivity contribution in [3.63, 3.8) is 0 Å². The highest BCUT2D eigenvalue weighted by Gasteiger charge is 2.35. The fourth-order valence-electron chi connectivity index (χ4n) is 3.61. The molecule has 1 aliphatic rings. The topological polar surface area (TPSA) is 65.1 Å². The molecule has 0 spiro atoms. The number of nitrogens with zero attached hydrogens (tertiary/aromatic N) is 1. The van der Waals surface area contributed by atoms with Gasteiger partial charge >= 0.3 is 0 Å². The Hall–Kier alpha value is -1.47. The molecule has 27 heavy (non-hydrogen) atoms. The van der Waals surface area contributed by atoms with E-state index in [0.29, 0.717) is 5.92 Å². The summed E-state index contributed by atoms with van der Waals surface area (Å²) in [7, 11) is 6.77. The van der Waals surface area contributed by atoms with Gasteiger partial charge < -0.3 is 23.9 Å². The normalized spacial score (nSPS) is 18.1. The van der Waals surface area contributed by atoms with Crippen LogP contribution in [0.1, 0.15) is 50.3 Å². The Kier molecular flexibility index (Phi) is 8.23. The molecule has 1 aromatic rings. The van der Waals surface area contributed by atoms with E-state index in [0.717, 1.165) is 49.6 Å². The van der Waals surface area contributed by atoms with Gasteiger partial charge in [0.25, 0.3) is 0 Å². The number of ether oxygens (including phenoxy) is 4. The molecule has 6 nitrogen and oxygen atoms in total. The molecular weight excluding hydrogens is 344 g/mol. The van der Waals surface area contributed by atoms with Crippen molar-refractivity contribution in [2.45, 2.75) is 45.3 Å². The van der Waals surface area contributed by atoms with E-state index in [-0.39, 0.29) is 5.41 Å². The van der Waals surface area contributed by atoms with Gasteiger partial charge in [0.05, 0.1) is 5.71 Å². The fourth-order valence-corrected chi connectivity index (χ4v) is 3.61. The maximum Gasteiger partial charge on any atom is 0.196 e. The van der Waals surface area contributed by atoms with Gasteiger partial charge in [0.1, 0.15) is 0 Å². The molecule has 0 aliphatic carbocycles. The molecule has 2 rings (SSSR count). The number of rotatable bonds is 11. The van der Waals surface area contributed by atoms with Crippen molar-refractivity contribution in [3.05, 3.63) is 29.2 Å². The van der Waals surface area contributed by atoms with E-state index in [4.69, 9.17) is 23.9 Å². The first-order valence-electron chi connectivity index (χ1n) is 9.47. The highest BCUT2D eigenvalue weighted by Crippen LogP contribution is 2.40. The Morgan fingerprint density at radius 1 is 1.11 bits per heavy atom. The molecule has 0 radical (unpaired) electrons. The molecule has 0 unspecified atom stereocenters. The van der Waals surface area contributed by atoms with Crippen molar-refractivity contribution in [2.24, 2.45) is 10.4 Å². The highest BCUT2D eigenvalue weighted by atomic mass is 16.7. The molecule has 0 fully saturated rings. The molecule has 0 amide bonds. The van der Waals surface area contributed by atoms with Gasteiger partial charge in [-0.25, -0.2) is 0 Å². The second kappa shape index (κ2) is 10.2. The summed E-state index contributed by atoms with van der Waals surface area (Å²) >= 11 is 0. The van der Waals surface area contributed by atoms with Crippen molar-refractivity contribution in [1.29, 1.82) is 0 Å². The summed E-state index contributed by atoms with van der Waals surface area (Å²) in [5, 5.41) is 0. The van der Waals surface area contributed by atoms with E-state index in [9.17, 15) is 0 Å². The number of hydrogen-bond acceptors (Lipinski definition) is 5. The second-order valence-corrected chi connectivity index (χ2v) is 7.60. The number of methoxy groups -OCH3 is 4. The third-order valence-corrected chi connectivity index (χ3v) is 5.16. The quantitative estimate of drug-likeness (QED) is 0.591. The molecular formula is C21H34N2O4. The van der Waals surface area contributed by atoms with E-state index in [1.54, 1.807) is 28.4 Å². The van der Waals surface area contributed by atoms with E-state index < -0.39 is 6.29 Å². The number of aromatic nitrogens is 1. The van der Waals surface area contributed by atoms with Crippen LogP contribution in [0.25, 0.3) is 6.08 Å². The maximum atomic E-state index is 5.39. The van der Waals surface area contributed by atoms with Crippen LogP contribution >= 0.6 is 0 Å². The smallest absolute Gasteiger partial charge is 0.196 e. The molecule has 1 N–H and O–H groups in total. The lowest BCUT2D eigenvalue weighted by atomic mass is 9.85. The minimum absolute atomic E-state index is 0.0679. The summed E-state index contributed by atoms with van der Waals surface area (Å²) in [5.74, 6) is 0.377.